The lowest BCUT2D eigenvalue weighted by Gasteiger charge is -2.52. The molecule has 1 aliphatic rings. The third kappa shape index (κ3) is 3.95. The second kappa shape index (κ2) is 7.64. The Morgan fingerprint density at radius 2 is 1.95 bits per heavy atom. The monoisotopic (exact) mass is 268 g/mol. The van der Waals surface area contributed by atoms with Crippen LogP contribution in [0.5, 0.6) is 0 Å². The van der Waals surface area contributed by atoms with E-state index >= 15 is 0 Å². The van der Waals surface area contributed by atoms with Crippen LogP contribution in [0.3, 0.4) is 0 Å². The first-order valence-electron chi connectivity index (χ1n) is 8.47. The van der Waals surface area contributed by atoms with Gasteiger partial charge in [-0.3, -0.25) is 4.90 Å². The number of hydrogen-bond donors (Lipinski definition) is 1. The molecule has 4 atom stereocenters. The van der Waals surface area contributed by atoms with Gasteiger partial charge in [-0.15, -0.1) is 0 Å². The molecule has 0 aromatic carbocycles. The molecule has 0 saturated heterocycles. The van der Waals surface area contributed by atoms with Crippen LogP contribution in [0.15, 0.2) is 0 Å². The zero-order chi connectivity index (χ0) is 14.5. The molecule has 0 aliphatic heterocycles. The van der Waals surface area contributed by atoms with E-state index in [2.05, 4.69) is 39.5 Å². The molecule has 114 valence electrons. The van der Waals surface area contributed by atoms with E-state index in [1.54, 1.807) is 0 Å². The fourth-order valence-corrected chi connectivity index (χ4v) is 3.72. The maximum atomic E-state index is 6.27. The van der Waals surface area contributed by atoms with Gasteiger partial charge in [-0.25, -0.2) is 0 Å². The Kier molecular flexibility index (Phi) is 6.82. The molecule has 19 heavy (non-hydrogen) atoms. The highest BCUT2D eigenvalue weighted by molar-refractivity contribution is 4.98. The summed E-state index contributed by atoms with van der Waals surface area (Å²) in [6.45, 7) is 13.9. The first-order valence-corrected chi connectivity index (χ1v) is 8.47. The van der Waals surface area contributed by atoms with Gasteiger partial charge in [-0.2, -0.15) is 0 Å². The van der Waals surface area contributed by atoms with E-state index in [4.69, 9.17) is 5.73 Å². The predicted molar refractivity (Wildman–Crippen MR) is 85.3 cm³/mol. The van der Waals surface area contributed by atoms with Crippen LogP contribution in [0.1, 0.15) is 73.1 Å². The average molecular weight is 268 g/mol. The van der Waals surface area contributed by atoms with Gasteiger partial charge in [-0.05, 0) is 57.4 Å². The Labute approximate surface area is 121 Å². The molecule has 4 unspecified atom stereocenters. The van der Waals surface area contributed by atoms with Crippen molar-refractivity contribution >= 4 is 0 Å². The van der Waals surface area contributed by atoms with Crippen molar-refractivity contribution in [2.24, 2.45) is 17.6 Å². The van der Waals surface area contributed by atoms with Gasteiger partial charge in [0.05, 0.1) is 0 Å². The van der Waals surface area contributed by atoms with E-state index in [9.17, 15) is 0 Å². The maximum absolute atomic E-state index is 6.27. The molecule has 1 aliphatic carbocycles. The van der Waals surface area contributed by atoms with Gasteiger partial charge >= 0.3 is 0 Å². The normalized spacial score (nSPS) is 33.6. The molecule has 0 spiro atoms. The van der Waals surface area contributed by atoms with Crippen molar-refractivity contribution in [1.82, 2.24) is 4.90 Å². The minimum atomic E-state index is 0.274. The van der Waals surface area contributed by atoms with E-state index in [-0.39, 0.29) is 5.54 Å². The van der Waals surface area contributed by atoms with Crippen LogP contribution < -0.4 is 5.73 Å². The molecule has 2 N–H and O–H groups in total. The lowest BCUT2D eigenvalue weighted by Crippen LogP contribution is -2.60. The summed E-state index contributed by atoms with van der Waals surface area (Å²) < 4.78 is 0. The molecule has 0 amide bonds. The molecule has 0 bridgehead atoms. The Morgan fingerprint density at radius 1 is 1.26 bits per heavy atom. The standard InChI is InChI=1S/C17H36N2/c1-6-8-11-19(16(5)7-2)17(13-18)10-9-14(3)15(4)12-17/h14-16H,6-13,18H2,1-5H3. The zero-order valence-corrected chi connectivity index (χ0v) is 13.9. The highest BCUT2D eigenvalue weighted by atomic mass is 15.2. The van der Waals surface area contributed by atoms with Crippen molar-refractivity contribution in [2.45, 2.75) is 84.7 Å². The van der Waals surface area contributed by atoms with Crippen LogP contribution in [0.4, 0.5) is 0 Å². The van der Waals surface area contributed by atoms with Crippen molar-refractivity contribution in [3.05, 3.63) is 0 Å². The number of hydrogen-bond acceptors (Lipinski definition) is 2. The molecule has 0 heterocycles. The van der Waals surface area contributed by atoms with E-state index in [1.807, 2.05) is 0 Å². The van der Waals surface area contributed by atoms with Crippen molar-refractivity contribution < 1.29 is 0 Å². The van der Waals surface area contributed by atoms with Crippen LogP contribution in [-0.4, -0.2) is 29.6 Å². The van der Waals surface area contributed by atoms with Crippen LogP contribution in [0.25, 0.3) is 0 Å². The molecule has 2 heteroatoms. The van der Waals surface area contributed by atoms with Crippen LogP contribution >= 0.6 is 0 Å². The second-order valence-corrected chi connectivity index (χ2v) is 6.93. The van der Waals surface area contributed by atoms with Gasteiger partial charge in [0.2, 0.25) is 0 Å². The fourth-order valence-electron chi connectivity index (χ4n) is 3.72. The van der Waals surface area contributed by atoms with Gasteiger partial charge in [0, 0.05) is 18.1 Å². The van der Waals surface area contributed by atoms with E-state index < -0.39 is 0 Å². The molecule has 0 aromatic heterocycles. The third-order valence-corrected chi connectivity index (χ3v) is 5.60. The Balaban J connectivity index is 2.87. The summed E-state index contributed by atoms with van der Waals surface area (Å²) in [5, 5.41) is 0. The molecule has 1 rings (SSSR count). The quantitative estimate of drug-likeness (QED) is 0.755. The van der Waals surface area contributed by atoms with E-state index in [0.717, 1.165) is 18.4 Å². The van der Waals surface area contributed by atoms with Crippen molar-refractivity contribution in [1.29, 1.82) is 0 Å². The SMILES string of the molecule is CCCCN(C(C)CC)C1(CN)CCC(C)C(C)C1. The number of nitrogens with two attached hydrogens (primary N) is 1. The molecule has 0 aromatic rings. The third-order valence-electron chi connectivity index (χ3n) is 5.60. The number of rotatable bonds is 7. The summed E-state index contributed by atoms with van der Waals surface area (Å²) in [6.07, 6.45) is 7.74. The Bertz CT molecular complexity index is 254. The smallest absolute Gasteiger partial charge is 0.0337 e. The van der Waals surface area contributed by atoms with Crippen molar-refractivity contribution in [3.8, 4) is 0 Å². The van der Waals surface area contributed by atoms with Gasteiger partial charge in [0.15, 0.2) is 0 Å². The van der Waals surface area contributed by atoms with Crippen LogP contribution in [0.2, 0.25) is 0 Å². The van der Waals surface area contributed by atoms with E-state index in [0.29, 0.717) is 6.04 Å². The molecule has 1 fully saturated rings. The summed E-state index contributed by atoms with van der Waals surface area (Å²) >= 11 is 0. The van der Waals surface area contributed by atoms with Crippen LogP contribution in [0, 0.1) is 11.8 Å². The summed E-state index contributed by atoms with van der Waals surface area (Å²) in [4.78, 5) is 2.76. The fraction of sp³-hybridized carbons (Fsp3) is 1.00. The van der Waals surface area contributed by atoms with Crippen LogP contribution in [-0.2, 0) is 0 Å². The summed E-state index contributed by atoms with van der Waals surface area (Å²) in [5.41, 5.74) is 6.54. The highest BCUT2D eigenvalue weighted by Gasteiger charge is 2.42. The topological polar surface area (TPSA) is 29.3 Å². The molecule has 2 nitrogen and oxygen atoms in total. The molecular formula is C17H36N2. The molecule has 0 radical (unpaired) electrons. The largest absolute Gasteiger partial charge is 0.329 e. The van der Waals surface area contributed by atoms with Gasteiger partial charge in [0.1, 0.15) is 0 Å². The summed E-state index contributed by atoms with van der Waals surface area (Å²) in [5.74, 6) is 1.68. The lowest BCUT2D eigenvalue weighted by molar-refractivity contribution is -0.00672. The number of unbranched alkanes of at least 4 members (excludes halogenated alkanes) is 1. The van der Waals surface area contributed by atoms with Crippen molar-refractivity contribution in [3.63, 3.8) is 0 Å². The van der Waals surface area contributed by atoms with E-state index in [1.165, 1.54) is 45.1 Å². The highest BCUT2D eigenvalue weighted by Crippen LogP contribution is 2.40. The predicted octanol–water partition coefficient (Wildman–Crippen LogP) is 4.04. The minimum absolute atomic E-state index is 0.274. The van der Waals surface area contributed by atoms with Gasteiger partial charge < -0.3 is 5.73 Å². The molecule has 1 saturated carbocycles. The second-order valence-electron chi connectivity index (χ2n) is 6.93. The van der Waals surface area contributed by atoms with Gasteiger partial charge in [0.25, 0.3) is 0 Å². The lowest BCUT2D eigenvalue weighted by atomic mass is 9.70. The van der Waals surface area contributed by atoms with Gasteiger partial charge in [-0.1, -0.05) is 34.1 Å². The maximum Gasteiger partial charge on any atom is 0.0337 e. The minimum Gasteiger partial charge on any atom is -0.329 e. The zero-order valence-electron chi connectivity index (χ0n) is 13.9. The summed E-state index contributed by atoms with van der Waals surface area (Å²) in [7, 11) is 0. The number of nitrogens with zero attached hydrogens (tertiary/aromatic N) is 1. The molecular weight excluding hydrogens is 232 g/mol. The first kappa shape index (κ1) is 17.0. The Hall–Kier alpha value is -0.0800. The van der Waals surface area contributed by atoms with Crippen molar-refractivity contribution in [2.75, 3.05) is 13.1 Å². The Morgan fingerprint density at radius 3 is 2.42 bits per heavy atom. The average Bonchev–Trinajstić information content (AvgIpc) is 2.42. The summed E-state index contributed by atoms with van der Waals surface area (Å²) in [6, 6.07) is 0.663. The first-order chi connectivity index (χ1) is 9.00.